The van der Waals surface area contributed by atoms with Crippen LogP contribution in [0.15, 0.2) is 11.1 Å². The van der Waals surface area contributed by atoms with Crippen molar-refractivity contribution in [2.75, 3.05) is 19.6 Å². The van der Waals surface area contributed by atoms with Crippen molar-refractivity contribution in [3.63, 3.8) is 0 Å². The van der Waals surface area contributed by atoms with Crippen LogP contribution in [0.4, 0.5) is 0 Å². The van der Waals surface area contributed by atoms with Crippen LogP contribution in [0.5, 0.6) is 0 Å². The van der Waals surface area contributed by atoms with Gasteiger partial charge in [-0.25, -0.2) is 0 Å². The fourth-order valence-corrected chi connectivity index (χ4v) is 11.2. The van der Waals surface area contributed by atoms with Gasteiger partial charge in [0.25, 0.3) is 0 Å². The molecule has 0 aromatic rings. The van der Waals surface area contributed by atoms with Crippen LogP contribution in [0.25, 0.3) is 0 Å². The molecule has 0 unspecified atom stereocenters. The molecule has 4 fully saturated rings. The van der Waals surface area contributed by atoms with Gasteiger partial charge < -0.3 is 10.4 Å². The summed E-state index contributed by atoms with van der Waals surface area (Å²) in [4.78, 5) is 26.6. The maximum Gasteiger partial charge on any atom is 0.216 e. The number of carbonyl (C=O) groups excluding carboxylic acids is 2. The summed E-state index contributed by atoms with van der Waals surface area (Å²) in [5, 5.41) is 14.4. The molecule has 0 aromatic heterocycles. The van der Waals surface area contributed by atoms with Crippen LogP contribution in [0.1, 0.15) is 120 Å². The zero-order chi connectivity index (χ0) is 29.3. The lowest BCUT2D eigenvalue weighted by Crippen LogP contribution is -2.58. The van der Waals surface area contributed by atoms with Gasteiger partial charge in [0.2, 0.25) is 5.91 Å². The lowest BCUT2D eigenvalue weighted by Gasteiger charge is -2.62. The second-order valence-corrected chi connectivity index (χ2v) is 16.3. The van der Waals surface area contributed by atoms with Crippen LogP contribution in [0, 0.1) is 45.3 Å². The van der Waals surface area contributed by atoms with E-state index in [4.69, 9.17) is 0 Å². The molecule has 0 bridgehead atoms. The van der Waals surface area contributed by atoms with Gasteiger partial charge in [-0.3, -0.25) is 14.5 Å². The SMILES string of the molecule is CC(=O)NCCN1C[C@@H](C)C[C@@H](O)[C@@H]1[C@@H](C)[C@]1(C)CC[C@@H]2C(=C(C)C1)C[C@H]1[C@@]2(C)CC[C@]2(C)CC(=O)CC[C@]12C. The van der Waals surface area contributed by atoms with Crippen molar-refractivity contribution in [3.8, 4) is 0 Å². The molecule has 10 atom stereocenters. The molecule has 1 amide bonds. The average molecular weight is 555 g/mol. The zero-order valence-corrected chi connectivity index (χ0v) is 26.9. The molecule has 226 valence electrons. The summed E-state index contributed by atoms with van der Waals surface area (Å²) >= 11 is 0. The number of Topliss-reactive ketones (excluding diaryl/α,β-unsaturated/α-hetero) is 1. The highest BCUT2D eigenvalue weighted by atomic mass is 16.3. The molecule has 0 aromatic carbocycles. The molecule has 5 nitrogen and oxygen atoms in total. The summed E-state index contributed by atoms with van der Waals surface area (Å²) in [6.45, 7) is 21.2. The molecule has 3 saturated carbocycles. The van der Waals surface area contributed by atoms with Crippen molar-refractivity contribution in [1.29, 1.82) is 0 Å². The number of nitrogens with zero attached hydrogens (tertiary/aromatic N) is 1. The highest BCUT2D eigenvalue weighted by Crippen LogP contribution is 2.73. The predicted octanol–water partition coefficient (Wildman–Crippen LogP) is 6.54. The van der Waals surface area contributed by atoms with Gasteiger partial charge in [0.1, 0.15) is 5.78 Å². The van der Waals surface area contributed by atoms with Crippen molar-refractivity contribution >= 4 is 11.7 Å². The molecule has 5 heteroatoms. The van der Waals surface area contributed by atoms with E-state index < -0.39 is 0 Å². The number of piperidine rings is 1. The fraction of sp³-hybridized carbons (Fsp3) is 0.886. The molecule has 2 N–H and O–H groups in total. The quantitative estimate of drug-likeness (QED) is 0.379. The molecule has 1 saturated heterocycles. The topological polar surface area (TPSA) is 69.6 Å². The average Bonchev–Trinajstić information content (AvgIpc) is 3.09. The number of hydrogen-bond acceptors (Lipinski definition) is 4. The van der Waals surface area contributed by atoms with Gasteiger partial charge in [-0.1, -0.05) is 52.7 Å². The summed E-state index contributed by atoms with van der Waals surface area (Å²) in [5.74, 6) is 2.66. The first-order valence-corrected chi connectivity index (χ1v) is 16.5. The maximum atomic E-state index is 12.6. The molecule has 0 radical (unpaired) electrons. The highest BCUT2D eigenvalue weighted by molar-refractivity contribution is 5.80. The van der Waals surface area contributed by atoms with E-state index in [9.17, 15) is 14.7 Å². The third-order valence-corrected chi connectivity index (χ3v) is 13.9. The minimum Gasteiger partial charge on any atom is -0.391 e. The number of aliphatic hydroxyl groups is 1. The Labute approximate surface area is 244 Å². The summed E-state index contributed by atoms with van der Waals surface area (Å²) in [6, 6.07) is 0.128. The Bertz CT molecular complexity index is 1050. The van der Waals surface area contributed by atoms with Crippen molar-refractivity contribution in [3.05, 3.63) is 11.1 Å². The standard InChI is InChI=1S/C35H58N2O3/c1-22-17-29(40)31(37(21-22)16-15-36-25(4)38)24(3)32(5)11-10-28-27(23(2)19-32)18-30-34(28,7)14-13-33(6)20-26(39)9-12-35(30,33)8/h22,24,28-31,40H,9-21H2,1-8H3,(H,36,38)/t22-,24+,28+,29+,30-,31-,32+,33+,34-,35+/m0/s1. The number of allylic oxidation sites excluding steroid dienone is 2. The number of rotatable bonds is 5. The van der Waals surface area contributed by atoms with Gasteiger partial charge in [-0.15, -0.1) is 0 Å². The number of amides is 1. The van der Waals surface area contributed by atoms with Crippen molar-refractivity contribution in [2.45, 2.75) is 132 Å². The van der Waals surface area contributed by atoms with Gasteiger partial charge in [-0.2, -0.15) is 0 Å². The van der Waals surface area contributed by atoms with Gasteiger partial charge in [0.15, 0.2) is 0 Å². The fourth-order valence-electron chi connectivity index (χ4n) is 11.2. The summed E-state index contributed by atoms with van der Waals surface area (Å²) in [7, 11) is 0. The third-order valence-electron chi connectivity index (χ3n) is 13.9. The van der Waals surface area contributed by atoms with Crippen LogP contribution in [-0.4, -0.2) is 53.5 Å². The first-order valence-electron chi connectivity index (χ1n) is 16.5. The number of fused-ring (bicyclic) bond motifs is 5. The summed E-state index contributed by atoms with van der Waals surface area (Å²) in [5.41, 5.74) is 4.24. The summed E-state index contributed by atoms with van der Waals surface area (Å²) < 4.78 is 0. The number of nitrogens with one attached hydrogen (secondary N) is 1. The van der Waals surface area contributed by atoms with Gasteiger partial charge in [0.05, 0.1) is 6.10 Å². The van der Waals surface area contributed by atoms with Crippen LogP contribution < -0.4 is 5.32 Å². The van der Waals surface area contributed by atoms with Crippen LogP contribution in [-0.2, 0) is 9.59 Å². The number of aliphatic hydroxyl groups excluding tert-OH is 1. The van der Waals surface area contributed by atoms with Crippen LogP contribution in [0.2, 0.25) is 0 Å². The van der Waals surface area contributed by atoms with E-state index in [0.717, 1.165) is 45.2 Å². The second-order valence-electron chi connectivity index (χ2n) is 16.3. The van der Waals surface area contributed by atoms with E-state index in [1.165, 1.54) is 32.1 Å². The van der Waals surface area contributed by atoms with E-state index in [1.807, 2.05) is 0 Å². The van der Waals surface area contributed by atoms with Gasteiger partial charge in [0, 0.05) is 45.4 Å². The van der Waals surface area contributed by atoms with Crippen LogP contribution >= 0.6 is 0 Å². The Balaban J connectivity index is 1.40. The molecule has 40 heavy (non-hydrogen) atoms. The molecule has 5 aliphatic rings. The molecule has 0 spiro atoms. The number of hydrogen-bond donors (Lipinski definition) is 2. The minimum absolute atomic E-state index is 0.0169. The van der Waals surface area contributed by atoms with Crippen molar-refractivity contribution in [1.82, 2.24) is 10.2 Å². The van der Waals surface area contributed by atoms with Crippen molar-refractivity contribution in [2.24, 2.45) is 45.3 Å². The highest BCUT2D eigenvalue weighted by Gasteiger charge is 2.65. The Kier molecular flexibility index (Phi) is 7.95. The normalized spacial score (nSPS) is 46.7. The second kappa shape index (κ2) is 10.5. The predicted molar refractivity (Wildman–Crippen MR) is 162 cm³/mol. The van der Waals surface area contributed by atoms with E-state index >= 15 is 0 Å². The number of likely N-dealkylation sites (tertiary alicyclic amines) is 1. The van der Waals surface area contributed by atoms with Gasteiger partial charge in [-0.05, 0) is 104 Å². The first-order chi connectivity index (χ1) is 18.6. The first kappa shape index (κ1) is 30.3. The lowest BCUT2D eigenvalue weighted by atomic mass is 9.42. The lowest BCUT2D eigenvalue weighted by molar-refractivity contribution is -0.154. The number of ketones is 1. The van der Waals surface area contributed by atoms with Crippen LogP contribution in [0.3, 0.4) is 0 Å². The Morgan fingerprint density at radius 2 is 1.85 bits per heavy atom. The van der Waals surface area contributed by atoms with E-state index in [0.29, 0.717) is 41.4 Å². The molecule has 1 aliphatic heterocycles. The Hall–Kier alpha value is -1.20. The van der Waals surface area contributed by atoms with E-state index in [-0.39, 0.29) is 34.3 Å². The molecule has 4 aliphatic carbocycles. The Morgan fingerprint density at radius 3 is 2.55 bits per heavy atom. The zero-order valence-electron chi connectivity index (χ0n) is 26.9. The van der Waals surface area contributed by atoms with Crippen molar-refractivity contribution < 1.29 is 14.7 Å². The van der Waals surface area contributed by atoms with E-state index in [2.05, 4.69) is 58.7 Å². The maximum absolute atomic E-state index is 12.6. The summed E-state index contributed by atoms with van der Waals surface area (Å²) in [6.07, 6.45) is 10.4. The minimum atomic E-state index is -0.324. The van der Waals surface area contributed by atoms with Gasteiger partial charge >= 0.3 is 0 Å². The van der Waals surface area contributed by atoms with E-state index in [1.54, 1.807) is 18.1 Å². The molecular formula is C35H58N2O3. The Morgan fingerprint density at radius 1 is 1.12 bits per heavy atom. The third kappa shape index (κ3) is 4.83. The monoisotopic (exact) mass is 554 g/mol. The molecular weight excluding hydrogens is 496 g/mol. The molecule has 1 heterocycles. The molecule has 5 rings (SSSR count). The largest absolute Gasteiger partial charge is 0.391 e. The number of carbonyl (C=O) groups is 2. The smallest absolute Gasteiger partial charge is 0.216 e.